The molecule has 0 atom stereocenters. The van der Waals surface area contributed by atoms with Gasteiger partial charge in [0.2, 0.25) is 0 Å². The van der Waals surface area contributed by atoms with Crippen molar-refractivity contribution in [1.29, 1.82) is 0 Å². The fraction of sp³-hybridized carbons (Fsp3) is 0.333. The molecule has 0 aliphatic carbocycles. The normalized spacial score (nSPS) is 10.7. The van der Waals surface area contributed by atoms with Gasteiger partial charge in [0.25, 0.3) is 5.91 Å². The standard InChI is InChI=1S/C15H18N2O2/c1-10(2)14-13(11(3)17-19-14)15(18)16-9-12-7-5-4-6-8-12/h4-8,10H,9H2,1-3H3,(H,16,18). The van der Waals surface area contributed by atoms with Crippen LogP contribution in [0.25, 0.3) is 0 Å². The Labute approximate surface area is 112 Å². The van der Waals surface area contributed by atoms with Crippen LogP contribution in [0.4, 0.5) is 0 Å². The van der Waals surface area contributed by atoms with Crippen LogP contribution in [-0.2, 0) is 6.54 Å². The largest absolute Gasteiger partial charge is 0.360 e. The monoisotopic (exact) mass is 258 g/mol. The number of aryl methyl sites for hydroxylation is 1. The molecule has 2 rings (SSSR count). The van der Waals surface area contributed by atoms with E-state index in [9.17, 15) is 4.79 Å². The van der Waals surface area contributed by atoms with E-state index in [1.54, 1.807) is 6.92 Å². The number of hydrogen-bond acceptors (Lipinski definition) is 3. The molecule has 1 N–H and O–H groups in total. The summed E-state index contributed by atoms with van der Waals surface area (Å²) in [5.41, 5.74) is 2.26. The van der Waals surface area contributed by atoms with E-state index in [1.165, 1.54) is 0 Å². The Bertz CT molecular complexity index is 559. The van der Waals surface area contributed by atoms with Crippen LogP contribution < -0.4 is 5.32 Å². The highest BCUT2D eigenvalue weighted by Crippen LogP contribution is 2.22. The average Bonchev–Trinajstić information content (AvgIpc) is 2.79. The Hall–Kier alpha value is -2.10. The minimum absolute atomic E-state index is 0.133. The van der Waals surface area contributed by atoms with Gasteiger partial charge >= 0.3 is 0 Å². The van der Waals surface area contributed by atoms with Crippen molar-refractivity contribution in [2.75, 3.05) is 0 Å². The lowest BCUT2D eigenvalue weighted by Crippen LogP contribution is -2.24. The predicted molar refractivity (Wildman–Crippen MR) is 72.9 cm³/mol. The fourth-order valence-corrected chi connectivity index (χ4v) is 1.92. The topological polar surface area (TPSA) is 55.1 Å². The van der Waals surface area contributed by atoms with Gasteiger partial charge in [0.05, 0.1) is 5.69 Å². The van der Waals surface area contributed by atoms with Gasteiger partial charge in [-0.15, -0.1) is 0 Å². The van der Waals surface area contributed by atoms with Crippen LogP contribution in [0.3, 0.4) is 0 Å². The van der Waals surface area contributed by atoms with Gasteiger partial charge in [0, 0.05) is 12.5 Å². The highest BCUT2D eigenvalue weighted by Gasteiger charge is 2.22. The predicted octanol–water partition coefficient (Wildman–Crippen LogP) is 3.04. The third-order valence-electron chi connectivity index (χ3n) is 2.94. The van der Waals surface area contributed by atoms with E-state index in [1.807, 2.05) is 44.2 Å². The van der Waals surface area contributed by atoms with Crippen molar-refractivity contribution in [2.24, 2.45) is 0 Å². The number of benzene rings is 1. The van der Waals surface area contributed by atoms with Crippen LogP contribution in [0.1, 0.15) is 47.1 Å². The molecule has 0 bridgehead atoms. The first-order valence-electron chi connectivity index (χ1n) is 6.38. The number of amides is 1. The zero-order chi connectivity index (χ0) is 13.8. The SMILES string of the molecule is Cc1noc(C(C)C)c1C(=O)NCc1ccccc1. The zero-order valence-corrected chi connectivity index (χ0v) is 11.4. The van der Waals surface area contributed by atoms with E-state index in [2.05, 4.69) is 10.5 Å². The molecule has 2 aromatic rings. The van der Waals surface area contributed by atoms with Crippen molar-refractivity contribution in [3.05, 3.63) is 52.9 Å². The smallest absolute Gasteiger partial charge is 0.257 e. The molecule has 0 aliphatic rings. The van der Waals surface area contributed by atoms with Gasteiger partial charge in [-0.05, 0) is 12.5 Å². The number of carbonyl (C=O) groups excluding carboxylic acids is 1. The number of aromatic nitrogens is 1. The quantitative estimate of drug-likeness (QED) is 0.917. The molecule has 19 heavy (non-hydrogen) atoms. The van der Waals surface area contributed by atoms with E-state index in [0.29, 0.717) is 23.6 Å². The van der Waals surface area contributed by atoms with Crippen molar-refractivity contribution in [2.45, 2.75) is 33.2 Å². The minimum atomic E-state index is -0.133. The third-order valence-corrected chi connectivity index (χ3v) is 2.94. The number of carbonyl (C=O) groups is 1. The summed E-state index contributed by atoms with van der Waals surface area (Å²) in [6.07, 6.45) is 0. The van der Waals surface area contributed by atoms with Gasteiger partial charge in [-0.25, -0.2) is 0 Å². The Balaban J connectivity index is 2.10. The first-order chi connectivity index (χ1) is 9.09. The van der Waals surface area contributed by atoms with Gasteiger partial charge in [-0.3, -0.25) is 4.79 Å². The molecule has 0 saturated carbocycles. The summed E-state index contributed by atoms with van der Waals surface area (Å²) in [5.74, 6) is 0.646. The summed E-state index contributed by atoms with van der Waals surface area (Å²) in [6, 6.07) is 9.80. The van der Waals surface area contributed by atoms with Crippen molar-refractivity contribution >= 4 is 5.91 Å². The molecule has 1 amide bonds. The van der Waals surface area contributed by atoms with E-state index in [-0.39, 0.29) is 11.8 Å². The lowest BCUT2D eigenvalue weighted by Gasteiger charge is -2.07. The lowest BCUT2D eigenvalue weighted by atomic mass is 10.0. The first-order valence-corrected chi connectivity index (χ1v) is 6.38. The number of nitrogens with one attached hydrogen (secondary N) is 1. The Kier molecular flexibility index (Phi) is 4.00. The van der Waals surface area contributed by atoms with Crippen LogP contribution in [0.2, 0.25) is 0 Å². The van der Waals surface area contributed by atoms with Gasteiger partial charge in [-0.2, -0.15) is 0 Å². The molecular formula is C15H18N2O2. The van der Waals surface area contributed by atoms with E-state index in [4.69, 9.17) is 4.52 Å². The van der Waals surface area contributed by atoms with Gasteiger partial charge in [-0.1, -0.05) is 49.3 Å². The van der Waals surface area contributed by atoms with Gasteiger partial charge < -0.3 is 9.84 Å². The Morgan fingerprint density at radius 1 is 1.32 bits per heavy atom. The second-order valence-electron chi connectivity index (χ2n) is 4.83. The summed E-state index contributed by atoms with van der Waals surface area (Å²) in [6.45, 7) is 6.25. The molecular weight excluding hydrogens is 240 g/mol. The molecule has 1 aromatic heterocycles. The van der Waals surface area contributed by atoms with Crippen LogP contribution in [0.5, 0.6) is 0 Å². The maximum atomic E-state index is 12.2. The molecule has 1 heterocycles. The fourth-order valence-electron chi connectivity index (χ4n) is 1.92. The van der Waals surface area contributed by atoms with Crippen LogP contribution in [-0.4, -0.2) is 11.1 Å². The number of hydrogen-bond donors (Lipinski definition) is 1. The Morgan fingerprint density at radius 3 is 2.63 bits per heavy atom. The summed E-state index contributed by atoms with van der Waals surface area (Å²) < 4.78 is 5.22. The van der Waals surface area contributed by atoms with Crippen LogP contribution in [0.15, 0.2) is 34.9 Å². The molecule has 100 valence electrons. The average molecular weight is 258 g/mol. The van der Waals surface area contributed by atoms with E-state index < -0.39 is 0 Å². The highest BCUT2D eigenvalue weighted by molar-refractivity contribution is 5.96. The first kappa shape index (κ1) is 13.3. The van der Waals surface area contributed by atoms with Crippen LogP contribution >= 0.6 is 0 Å². The molecule has 0 fully saturated rings. The maximum Gasteiger partial charge on any atom is 0.257 e. The molecule has 0 saturated heterocycles. The molecule has 0 spiro atoms. The Morgan fingerprint density at radius 2 is 2.00 bits per heavy atom. The number of nitrogens with zero attached hydrogens (tertiary/aromatic N) is 1. The number of rotatable bonds is 4. The summed E-state index contributed by atoms with van der Waals surface area (Å²) >= 11 is 0. The maximum absolute atomic E-state index is 12.2. The second-order valence-corrected chi connectivity index (χ2v) is 4.83. The van der Waals surface area contributed by atoms with E-state index in [0.717, 1.165) is 5.56 Å². The third kappa shape index (κ3) is 3.02. The van der Waals surface area contributed by atoms with E-state index >= 15 is 0 Å². The van der Waals surface area contributed by atoms with Gasteiger partial charge in [0.1, 0.15) is 5.56 Å². The summed E-state index contributed by atoms with van der Waals surface area (Å²) in [4.78, 5) is 12.2. The van der Waals surface area contributed by atoms with Crippen molar-refractivity contribution in [3.8, 4) is 0 Å². The lowest BCUT2D eigenvalue weighted by molar-refractivity contribution is 0.0948. The molecule has 0 aliphatic heterocycles. The van der Waals surface area contributed by atoms with Crippen molar-refractivity contribution in [1.82, 2.24) is 10.5 Å². The second kappa shape index (κ2) is 5.69. The molecule has 0 unspecified atom stereocenters. The molecule has 0 radical (unpaired) electrons. The molecule has 1 aromatic carbocycles. The zero-order valence-electron chi connectivity index (χ0n) is 11.4. The van der Waals surface area contributed by atoms with Crippen molar-refractivity contribution in [3.63, 3.8) is 0 Å². The minimum Gasteiger partial charge on any atom is -0.360 e. The van der Waals surface area contributed by atoms with Crippen LogP contribution in [0, 0.1) is 6.92 Å². The molecule has 4 heteroatoms. The summed E-state index contributed by atoms with van der Waals surface area (Å²) in [7, 11) is 0. The summed E-state index contributed by atoms with van der Waals surface area (Å²) in [5, 5.41) is 6.78. The highest BCUT2D eigenvalue weighted by atomic mass is 16.5. The molecule has 4 nitrogen and oxygen atoms in total. The van der Waals surface area contributed by atoms with Crippen molar-refractivity contribution < 1.29 is 9.32 Å². The van der Waals surface area contributed by atoms with Gasteiger partial charge in [0.15, 0.2) is 5.76 Å².